The number of nitrogens with one attached hydrogen (secondary N) is 5. The highest BCUT2D eigenvalue weighted by Crippen LogP contribution is 2.19. The second-order valence-electron chi connectivity index (χ2n) is 20.0. The Balaban J connectivity index is 1.73. The first-order valence-corrected chi connectivity index (χ1v) is 26.6. The minimum Gasteiger partial charge on any atom is -0.481 e. The Morgan fingerprint density at radius 1 is 0.598 bits per heavy atom. The summed E-state index contributed by atoms with van der Waals surface area (Å²) in [4.78, 5) is 166. The van der Waals surface area contributed by atoms with Crippen LogP contribution in [0.25, 0.3) is 0 Å². The lowest BCUT2D eigenvalue weighted by Gasteiger charge is -2.35. The maximum atomic E-state index is 14.0. The van der Waals surface area contributed by atoms with Gasteiger partial charge in [0.25, 0.3) is 0 Å². The molecule has 30 nitrogen and oxygen atoms in total. The number of carbonyl (C=O) groups is 12. The molecule has 1 aliphatic heterocycles. The molecule has 0 radical (unpaired) electrons. The SMILES string of the molecule is C[C@H](NC(=O)[C@H](CC(=O)O)CC(=O)CN)C(=O)C[C@@H](Cc1cnc[nH]1)C(=O)N[C@@H](CO)C(=O)C[C@@H](Cc1ccccc1)C(=O)NC(CO)C(=O)NCCCC(C(=O)O)N1CCN(CC(=O)O)CCN(CC(=O)O)CCN(CC(=O)O)CC1. The number of H-pyrrole nitrogens is 1. The lowest BCUT2D eigenvalue weighted by atomic mass is 9.90. The number of aliphatic hydroxyl groups is 2. The molecule has 0 bridgehead atoms. The first kappa shape index (κ1) is 68.7. The van der Waals surface area contributed by atoms with E-state index in [0.29, 0.717) is 11.3 Å². The number of aliphatic carboxylic acids is 5. The van der Waals surface area contributed by atoms with Crippen LogP contribution >= 0.6 is 0 Å². The topological polar surface area (TPSA) is 462 Å². The highest BCUT2D eigenvalue weighted by atomic mass is 16.4. The first-order chi connectivity index (χ1) is 38.9. The quantitative estimate of drug-likeness (QED) is 0.0287. The summed E-state index contributed by atoms with van der Waals surface area (Å²) >= 11 is 0. The molecule has 7 atom stereocenters. The molecule has 82 heavy (non-hydrogen) atoms. The molecule has 0 spiro atoms. The summed E-state index contributed by atoms with van der Waals surface area (Å²) in [6.07, 6.45) is 0.0145. The molecule has 0 saturated carbocycles. The largest absolute Gasteiger partial charge is 0.481 e. The normalized spacial score (nSPS) is 16.7. The van der Waals surface area contributed by atoms with Crippen LogP contribution in [0, 0.1) is 17.8 Å². The molecule has 3 rings (SSSR count). The predicted molar refractivity (Wildman–Crippen MR) is 286 cm³/mol. The van der Waals surface area contributed by atoms with Crippen LogP contribution in [0.3, 0.4) is 0 Å². The molecule has 454 valence electrons. The van der Waals surface area contributed by atoms with Crippen LogP contribution in [0.15, 0.2) is 42.9 Å². The fourth-order valence-corrected chi connectivity index (χ4v) is 9.12. The van der Waals surface area contributed by atoms with Gasteiger partial charge in [-0.25, -0.2) is 4.98 Å². The lowest BCUT2D eigenvalue weighted by Crippen LogP contribution is -2.52. The van der Waals surface area contributed by atoms with Crippen molar-refractivity contribution in [2.24, 2.45) is 23.5 Å². The fourth-order valence-electron chi connectivity index (χ4n) is 9.12. The van der Waals surface area contributed by atoms with Gasteiger partial charge in [0, 0.05) is 102 Å². The second-order valence-corrected chi connectivity index (χ2v) is 20.0. The summed E-state index contributed by atoms with van der Waals surface area (Å²) in [6, 6.07) is 2.66. The Labute approximate surface area is 472 Å². The number of rotatable bonds is 36. The van der Waals surface area contributed by atoms with E-state index in [1.54, 1.807) is 40.1 Å². The maximum Gasteiger partial charge on any atom is 0.320 e. The highest BCUT2D eigenvalue weighted by Gasteiger charge is 2.35. The number of nitrogens with zero attached hydrogens (tertiary/aromatic N) is 5. The Kier molecular flexibility index (Phi) is 30.1. The van der Waals surface area contributed by atoms with Crippen molar-refractivity contribution in [1.82, 2.24) is 50.8 Å². The van der Waals surface area contributed by atoms with Gasteiger partial charge in [0.2, 0.25) is 23.6 Å². The van der Waals surface area contributed by atoms with E-state index in [1.165, 1.54) is 29.2 Å². The molecule has 2 unspecified atom stereocenters. The van der Waals surface area contributed by atoms with E-state index in [2.05, 4.69) is 31.2 Å². The van der Waals surface area contributed by atoms with Gasteiger partial charge in [-0.3, -0.25) is 77.1 Å². The van der Waals surface area contributed by atoms with Crippen molar-refractivity contribution in [1.29, 1.82) is 0 Å². The van der Waals surface area contributed by atoms with E-state index < -0.39 is 171 Å². The van der Waals surface area contributed by atoms with Crippen LogP contribution in [0.2, 0.25) is 0 Å². The third kappa shape index (κ3) is 25.5. The Morgan fingerprint density at radius 2 is 1.10 bits per heavy atom. The van der Waals surface area contributed by atoms with Crippen LogP contribution < -0.4 is 27.0 Å². The number of ketones is 3. The number of aromatic amines is 1. The summed E-state index contributed by atoms with van der Waals surface area (Å²) in [5.74, 6) is -15.6. The number of carboxylic acids is 5. The number of carbonyl (C=O) groups excluding carboxylic acids is 7. The number of nitrogens with two attached hydrogens (primary N) is 1. The van der Waals surface area contributed by atoms with E-state index in [-0.39, 0.29) is 91.1 Å². The number of carboxylic acid groups (broad SMARTS) is 5. The molecule has 14 N–H and O–H groups in total. The zero-order valence-corrected chi connectivity index (χ0v) is 45.7. The second kappa shape index (κ2) is 36.0. The van der Waals surface area contributed by atoms with Crippen molar-refractivity contribution < 1.29 is 93.3 Å². The monoisotopic (exact) mass is 1160 g/mol. The van der Waals surface area contributed by atoms with Gasteiger partial charge in [0.1, 0.15) is 23.9 Å². The smallest absolute Gasteiger partial charge is 0.320 e. The number of aromatic nitrogens is 2. The molecule has 30 heteroatoms. The minimum atomic E-state index is -1.64. The number of imidazole rings is 1. The molecule has 2 heterocycles. The van der Waals surface area contributed by atoms with Crippen LogP contribution in [-0.2, 0) is 70.4 Å². The molecular weight excluding hydrogens is 1080 g/mol. The number of hydrogen-bond donors (Lipinski definition) is 13. The summed E-state index contributed by atoms with van der Waals surface area (Å²) in [5, 5.41) is 78.9. The summed E-state index contributed by atoms with van der Waals surface area (Å²) in [5.41, 5.74) is 6.31. The summed E-state index contributed by atoms with van der Waals surface area (Å²) < 4.78 is 0. The summed E-state index contributed by atoms with van der Waals surface area (Å²) in [7, 11) is 0. The van der Waals surface area contributed by atoms with Gasteiger partial charge in [-0.2, -0.15) is 0 Å². The van der Waals surface area contributed by atoms with Crippen molar-refractivity contribution in [3.63, 3.8) is 0 Å². The van der Waals surface area contributed by atoms with Gasteiger partial charge < -0.3 is 67.7 Å². The number of Topliss-reactive ketones (excluding diaryl/α,β-unsaturated/α-hetero) is 3. The van der Waals surface area contributed by atoms with Gasteiger partial charge in [-0.05, 0) is 31.7 Å². The molecule has 1 aromatic carbocycles. The van der Waals surface area contributed by atoms with Gasteiger partial charge in [0.05, 0.1) is 70.0 Å². The van der Waals surface area contributed by atoms with E-state index >= 15 is 0 Å². The van der Waals surface area contributed by atoms with E-state index in [9.17, 15) is 93.3 Å². The standard InChI is InChI=1S/C52H77N11O19/c1-32(57-48(77)36(23-44(69)70)20-38(66)24-53)42(67)21-35(19-37-25-54-31-56-37)50(79)58-39(29-64)43(68)22-34(18-33-6-3-2-4-7-33)49(78)59-40(30-65)51(80)55-9-5-8-41(52(81)82)63-16-14-61(27-46(73)74)12-10-60(26-45(71)72)11-13-62(15-17-63)28-47(75)76/h2-4,6-7,25,31-32,34-36,39-41,64-65H,5,8-24,26-30,53H2,1H3,(H,54,56)(H,55,80)(H,57,77)(H,58,79)(H,59,78)(H,69,70)(H,71,72)(H,73,74)(H,75,76)(H,81,82)/t32-,34+,35+,36-,39-,40?,41?/m0/s1. The van der Waals surface area contributed by atoms with Crippen LogP contribution in [0.1, 0.15) is 56.7 Å². The van der Waals surface area contributed by atoms with E-state index in [0.717, 1.165) is 0 Å². The summed E-state index contributed by atoms with van der Waals surface area (Å²) in [6.45, 7) is -1.78. The minimum absolute atomic E-state index is 0.0190. The number of aliphatic hydroxyl groups excluding tert-OH is 2. The Bertz CT molecular complexity index is 2440. The van der Waals surface area contributed by atoms with E-state index in [1.807, 2.05) is 0 Å². The van der Waals surface area contributed by atoms with Crippen LogP contribution in [-0.4, -0.2) is 259 Å². The molecule has 0 aliphatic carbocycles. The number of amides is 4. The lowest BCUT2D eigenvalue weighted by molar-refractivity contribution is -0.145. The average Bonchev–Trinajstić information content (AvgIpc) is 3.94. The molecule has 1 aliphatic rings. The van der Waals surface area contributed by atoms with Crippen molar-refractivity contribution in [2.75, 3.05) is 98.3 Å². The molecule has 1 saturated heterocycles. The Morgan fingerprint density at radius 3 is 1.57 bits per heavy atom. The zero-order chi connectivity index (χ0) is 60.9. The molecular formula is C52H77N11O19. The van der Waals surface area contributed by atoms with Gasteiger partial charge in [-0.15, -0.1) is 0 Å². The van der Waals surface area contributed by atoms with Crippen molar-refractivity contribution in [3.05, 3.63) is 54.1 Å². The molecule has 2 aromatic rings. The fraction of sp³-hybridized carbons (Fsp3) is 0.596. The van der Waals surface area contributed by atoms with Gasteiger partial charge in [-0.1, -0.05) is 30.3 Å². The van der Waals surface area contributed by atoms with Crippen molar-refractivity contribution >= 4 is 70.8 Å². The maximum absolute atomic E-state index is 14.0. The molecule has 1 fully saturated rings. The van der Waals surface area contributed by atoms with Crippen molar-refractivity contribution in [2.45, 2.75) is 82.5 Å². The zero-order valence-electron chi connectivity index (χ0n) is 45.7. The van der Waals surface area contributed by atoms with Gasteiger partial charge >= 0.3 is 29.8 Å². The van der Waals surface area contributed by atoms with Crippen LogP contribution in [0.5, 0.6) is 0 Å². The molecule has 4 amide bonds. The first-order valence-electron chi connectivity index (χ1n) is 26.6. The average molecular weight is 1160 g/mol. The van der Waals surface area contributed by atoms with E-state index in [4.69, 9.17) is 5.73 Å². The van der Waals surface area contributed by atoms with Crippen molar-refractivity contribution in [3.8, 4) is 0 Å². The van der Waals surface area contributed by atoms with Crippen LogP contribution in [0.4, 0.5) is 0 Å². The number of benzene rings is 1. The third-order valence-electron chi connectivity index (χ3n) is 13.6. The molecule has 1 aromatic heterocycles. The number of hydrogen-bond acceptors (Lipinski definition) is 20. The van der Waals surface area contributed by atoms with Gasteiger partial charge in [0.15, 0.2) is 11.6 Å². The highest BCUT2D eigenvalue weighted by molar-refractivity contribution is 5.97. The third-order valence-corrected chi connectivity index (χ3v) is 13.6. The Hall–Kier alpha value is -7.61. The predicted octanol–water partition coefficient (Wildman–Crippen LogP) is -4.36.